The minimum Gasteiger partial charge on any atom is -0.369 e. The van der Waals surface area contributed by atoms with Crippen molar-refractivity contribution in [2.24, 2.45) is 5.92 Å². The normalized spacial score (nSPS) is 17.8. The molecule has 0 aliphatic carbocycles. The molecule has 0 spiro atoms. The third-order valence-electron chi connectivity index (χ3n) is 3.49. The predicted octanol–water partition coefficient (Wildman–Crippen LogP) is 4.34. The van der Waals surface area contributed by atoms with E-state index in [4.69, 9.17) is 11.6 Å². The van der Waals surface area contributed by atoms with Crippen LogP contribution in [0.3, 0.4) is 0 Å². The fraction of sp³-hybridized carbons (Fsp3) is 0.538. The monoisotopic (exact) mass is 295 g/mol. The highest BCUT2D eigenvalue weighted by atomic mass is 35.5. The minimum absolute atomic E-state index is 0.000437. The number of hydrogen-bond donors (Lipinski definition) is 0. The van der Waals surface area contributed by atoms with Crippen LogP contribution in [0.15, 0.2) is 18.2 Å². The predicted molar refractivity (Wildman–Crippen MR) is 66.9 cm³/mol. The quantitative estimate of drug-likeness (QED) is 0.579. The Bertz CT molecular complexity index is 439. The van der Waals surface area contributed by atoms with Gasteiger partial charge < -0.3 is 4.90 Å². The average Bonchev–Trinajstić information content (AvgIpc) is 2.37. The van der Waals surface area contributed by atoms with Crippen LogP contribution in [-0.2, 0) is 5.88 Å². The van der Waals surface area contributed by atoms with Gasteiger partial charge in [-0.25, -0.2) is 4.39 Å². The van der Waals surface area contributed by atoms with E-state index in [9.17, 15) is 17.6 Å². The first-order valence-electron chi connectivity index (χ1n) is 6.08. The van der Waals surface area contributed by atoms with E-state index < -0.39 is 17.9 Å². The Morgan fingerprint density at radius 2 is 1.84 bits per heavy atom. The number of halogens is 5. The lowest BCUT2D eigenvalue weighted by molar-refractivity contribution is -0.179. The molecular formula is C13H14ClF4N. The van der Waals surface area contributed by atoms with Gasteiger partial charge in [-0.15, -0.1) is 11.6 Å². The number of nitrogens with zero attached hydrogens (tertiary/aromatic N) is 1. The molecule has 0 radical (unpaired) electrons. The van der Waals surface area contributed by atoms with E-state index in [0.717, 1.165) is 0 Å². The summed E-state index contributed by atoms with van der Waals surface area (Å²) in [6.45, 7) is 0.407. The van der Waals surface area contributed by atoms with Crippen molar-refractivity contribution in [2.75, 3.05) is 18.0 Å². The van der Waals surface area contributed by atoms with Crippen molar-refractivity contribution in [3.05, 3.63) is 29.6 Å². The Morgan fingerprint density at radius 1 is 1.21 bits per heavy atom. The molecule has 0 N–H and O–H groups in total. The zero-order valence-corrected chi connectivity index (χ0v) is 10.9. The van der Waals surface area contributed by atoms with E-state index in [2.05, 4.69) is 0 Å². The smallest absolute Gasteiger partial charge is 0.369 e. The molecule has 0 aromatic heterocycles. The number of para-hydroxylation sites is 1. The number of hydrogen-bond acceptors (Lipinski definition) is 1. The first kappa shape index (κ1) is 14.4. The van der Waals surface area contributed by atoms with Crippen LogP contribution in [0.25, 0.3) is 0 Å². The standard InChI is InChI=1S/C13H14ClF4N/c14-8-9-2-1-3-11(15)12(9)19-6-4-10(5-7-19)13(16,17)18/h1-3,10H,4-8H2. The maximum Gasteiger partial charge on any atom is 0.391 e. The van der Waals surface area contributed by atoms with Gasteiger partial charge in [0.25, 0.3) is 0 Å². The summed E-state index contributed by atoms with van der Waals surface area (Å²) < 4.78 is 51.6. The van der Waals surface area contributed by atoms with Crippen molar-refractivity contribution in [1.29, 1.82) is 0 Å². The van der Waals surface area contributed by atoms with Gasteiger partial charge in [0.15, 0.2) is 0 Å². The lowest BCUT2D eigenvalue weighted by Gasteiger charge is -2.35. The fourth-order valence-electron chi connectivity index (χ4n) is 2.45. The average molecular weight is 296 g/mol. The molecule has 0 unspecified atom stereocenters. The molecule has 1 aromatic rings. The van der Waals surface area contributed by atoms with E-state index >= 15 is 0 Å². The molecule has 1 nitrogen and oxygen atoms in total. The minimum atomic E-state index is -4.16. The highest BCUT2D eigenvalue weighted by Gasteiger charge is 2.41. The van der Waals surface area contributed by atoms with Crippen LogP contribution in [0.5, 0.6) is 0 Å². The van der Waals surface area contributed by atoms with Gasteiger partial charge in [0.1, 0.15) is 5.82 Å². The molecule has 6 heteroatoms. The molecule has 1 aliphatic rings. The molecular weight excluding hydrogens is 282 g/mol. The third kappa shape index (κ3) is 3.14. The summed E-state index contributed by atoms with van der Waals surface area (Å²) in [6, 6.07) is 4.56. The van der Waals surface area contributed by atoms with Gasteiger partial charge in [0.2, 0.25) is 0 Å². The first-order valence-corrected chi connectivity index (χ1v) is 6.62. The molecule has 2 rings (SSSR count). The number of anilines is 1. The van der Waals surface area contributed by atoms with Crippen LogP contribution in [0.4, 0.5) is 23.2 Å². The summed E-state index contributed by atoms with van der Waals surface area (Å²) >= 11 is 5.75. The zero-order valence-electron chi connectivity index (χ0n) is 10.2. The van der Waals surface area contributed by atoms with Crippen molar-refractivity contribution in [2.45, 2.75) is 24.9 Å². The van der Waals surface area contributed by atoms with Crippen LogP contribution in [0.2, 0.25) is 0 Å². The molecule has 1 heterocycles. The molecule has 0 amide bonds. The van der Waals surface area contributed by atoms with Crippen molar-refractivity contribution >= 4 is 17.3 Å². The summed E-state index contributed by atoms with van der Waals surface area (Å²) in [5.74, 6) is -1.56. The van der Waals surface area contributed by atoms with Crippen molar-refractivity contribution < 1.29 is 17.6 Å². The fourth-order valence-corrected chi connectivity index (χ4v) is 2.67. The lowest BCUT2D eigenvalue weighted by Crippen LogP contribution is -2.39. The Balaban J connectivity index is 2.14. The Hall–Kier alpha value is -0.970. The van der Waals surface area contributed by atoms with Crippen molar-refractivity contribution in [3.63, 3.8) is 0 Å². The number of rotatable bonds is 2. The molecule has 0 bridgehead atoms. The number of benzene rings is 1. The topological polar surface area (TPSA) is 3.24 Å². The first-order chi connectivity index (χ1) is 8.93. The van der Waals surface area contributed by atoms with E-state index in [1.165, 1.54) is 6.07 Å². The van der Waals surface area contributed by atoms with Gasteiger partial charge in [-0.2, -0.15) is 13.2 Å². The van der Waals surface area contributed by atoms with Gasteiger partial charge in [0, 0.05) is 19.0 Å². The second-order valence-electron chi connectivity index (χ2n) is 4.68. The van der Waals surface area contributed by atoms with Crippen LogP contribution in [-0.4, -0.2) is 19.3 Å². The molecule has 0 saturated carbocycles. The second kappa shape index (κ2) is 5.57. The number of alkyl halides is 4. The van der Waals surface area contributed by atoms with E-state index in [-0.39, 0.29) is 31.8 Å². The SMILES string of the molecule is Fc1cccc(CCl)c1N1CCC(C(F)(F)F)CC1. The van der Waals surface area contributed by atoms with Gasteiger partial charge in [-0.3, -0.25) is 0 Å². The van der Waals surface area contributed by atoms with Gasteiger partial charge in [-0.05, 0) is 24.5 Å². The molecule has 1 fully saturated rings. The number of piperidine rings is 1. The molecule has 0 atom stereocenters. The van der Waals surface area contributed by atoms with Crippen LogP contribution in [0.1, 0.15) is 18.4 Å². The Kier molecular flexibility index (Phi) is 4.23. The third-order valence-corrected chi connectivity index (χ3v) is 3.78. The summed E-state index contributed by atoms with van der Waals surface area (Å²) in [4.78, 5) is 1.66. The van der Waals surface area contributed by atoms with Crippen LogP contribution >= 0.6 is 11.6 Å². The maximum absolute atomic E-state index is 13.8. The van der Waals surface area contributed by atoms with Gasteiger partial charge in [0.05, 0.1) is 11.6 Å². The Labute approximate surface area is 114 Å². The van der Waals surface area contributed by atoms with E-state index in [1.807, 2.05) is 0 Å². The molecule has 106 valence electrons. The summed E-state index contributed by atoms with van der Waals surface area (Å²) in [5, 5.41) is 0. The van der Waals surface area contributed by atoms with Crippen molar-refractivity contribution in [1.82, 2.24) is 0 Å². The molecule has 1 aliphatic heterocycles. The lowest BCUT2D eigenvalue weighted by atomic mass is 9.95. The highest BCUT2D eigenvalue weighted by Crippen LogP contribution is 2.36. The van der Waals surface area contributed by atoms with E-state index in [0.29, 0.717) is 11.3 Å². The highest BCUT2D eigenvalue weighted by molar-refractivity contribution is 6.17. The zero-order chi connectivity index (χ0) is 14.0. The van der Waals surface area contributed by atoms with Crippen LogP contribution < -0.4 is 4.90 Å². The molecule has 1 aromatic carbocycles. The van der Waals surface area contributed by atoms with Gasteiger partial charge in [-0.1, -0.05) is 12.1 Å². The van der Waals surface area contributed by atoms with Crippen LogP contribution in [0, 0.1) is 11.7 Å². The van der Waals surface area contributed by atoms with E-state index in [1.54, 1.807) is 17.0 Å². The largest absolute Gasteiger partial charge is 0.391 e. The second-order valence-corrected chi connectivity index (χ2v) is 4.95. The summed E-state index contributed by atoms with van der Waals surface area (Å²) in [6.07, 6.45) is -4.16. The molecule has 19 heavy (non-hydrogen) atoms. The van der Waals surface area contributed by atoms with Gasteiger partial charge >= 0.3 is 6.18 Å². The summed E-state index contributed by atoms with van der Waals surface area (Å²) in [7, 11) is 0. The molecule has 1 saturated heterocycles. The Morgan fingerprint density at radius 3 is 2.37 bits per heavy atom. The summed E-state index contributed by atoms with van der Waals surface area (Å²) in [5.41, 5.74) is 0.963. The van der Waals surface area contributed by atoms with Crippen molar-refractivity contribution in [3.8, 4) is 0 Å². The maximum atomic E-state index is 13.8.